The number of aryl methyl sites for hydroxylation is 2. The Hall–Kier alpha value is -2.97. The first-order chi connectivity index (χ1) is 14.9. The van der Waals surface area contributed by atoms with Crippen molar-refractivity contribution < 1.29 is 9.47 Å². The van der Waals surface area contributed by atoms with Gasteiger partial charge in [0.2, 0.25) is 5.95 Å². The summed E-state index contributed by atoms with van der Waals surface area (Å²) < 4.78 is 13.4. The molecule has 0 spiro atoms. The molecule has 2 aromatic heterocycles. The monoisotopic (exact) mass is 422 g/mol. The summed E-state index contributed by atoms with van der Waals surface area (Å²) in [5.41, 5.74) is 5.26. The minimum Gasteiger partial charge on any atom is -0.497 e. The fourth-order valence-electron chi connectivity index (χ4n) is 3.90. The van der Waals surface area contributed by atoms with E-state index in [0.717, 1.165) is 47.9 Å². The summed E-state index contributed by atoms with van der Waals surface area (Å²) in [4.78, 5) is 13.8. The molecule has 0 bridgehead atoms. The molecule has 31 heavy (non-hydrogen) atoms. The Morgan fingerprint density at radius 2 is 2.00 bits per heavy atom. The first-order valence-corrected chi connectivity index (χ1v) is 10.5. The molecule has 1 aliphatic heterocycles. The van der Waals surface area contributed by atoms with Crippen molar-refractivity contribution in [1.82, 2.24) is 24.6 Å². The summed E-state index contributed by atoms with van der Waals surface area (Å²) in [5.74, 6) is 1.50. The van der Waals surface area contributed by atoms with Gasteiger partial charge in [0.25, 0.3) is 0 Å². The maximum Gasteiger partial charge on any atom is 0.225 e. The lowest BCUT2D eigenvalue weighted by Gasteiger charge is -2.33. The quantitative estimate of drug-likeness (QED) is 0.605. The SMILES string of the molecule is COc1ccc(-c2cnc(N(C)C)nc2[C@@H]2CN(Cc3cn(C)nc3C)CCO2)cc1. The molecule has 3 heterocycles. The van der Waals surface area contributed by atoms with Gasteiger partial charge in [-0.25, -0.2) is 9.97 Å². The van der Waals surface area contributed by atoms with Gasteiger partial charge < -0.3 is 14.4 Å². The summed E-state index contributed by atoms with van der Waals surface area (Å²) in [6, 6.07) is 7.99. The van der Waals surface area contributed by atoms with E-state index < -0.39 is 0 Å². The summed E-state index contributed by atoms with van der Waals surface area (Å²) in [6.45, 7) is 5.22. The maximum absolute atomic E-state index is 6.21. The highest BCUT2D eigenvalue weighted by Crippen LogP contribution is 2.32. The Labute approximate surface area is 183 Å². The van der Waals surface area contributed by atoms with E-state index in [1.165, 1.54) is 5.56 Å². The molecule has 4 rings (SSSR count). The fraction of sp³-hybridized carbons (Fsp3) is 0.435. The number of hydrogen-bond donors (Lipinski definition) is 0. The van der Waals surface area contributed by atoms with Crippen molar-refractivity contribution in [3.8, 4) is 16.9 Å². The van der Waals surface area contributed by atoms with E-state index in [-0.39, 0.29) is 6.10 Å². The highest BCUT2D eigenvalue weighted by atomic mass is 16.5. The van der Waals surface area contributed by atoms with Crippen LogP contribution in [-0.4, -0.2) is 65.5 Å². The van der Waals surface area contributed by atoms with Crippen molar-refractivity contribution in [2.24, 2.45) is 7.05 Å². The van der Waals surface area contributed by atoms with Crippen LogP contribution in [0, 0.1) is 6.92 Å². The van der Waals surface area contributed by atoms with E-state index in [4.69, 9.17) is 14.5 Å². The molecule has 1 aliphatic rings. The Kier molecular flexibility index (Phi) is 6.20. The van der Waals surface area contributed by atoms with Crippen molar-refractivity contribution in [1.29, 1.82) is 0 Å². The second-order valence-corrected chi connectivity index (χ2v) is 8.10. The minimum absolute atomic E-state index is 0.135. The number of benzene rings is 1. The van der Waals surface area contributed by atoms with E-state index in [9.17, 15) is 0 Å². The average Bonchev–Trinajstić information content (AvgIpc) is 3.10. The van der Waals surface area contributed by atoms with Crippen molar-refractivity contribution in [2.45, 2.75) is 19.6 Å². The molecule has 1 saturated heterocycles. The zero-order valence-electron chi connectivity index (χ0n) is 18.9. The van der Waals surface area contributed by atoms with Crippen molar-refractivity contribution >= 4 is 5.95 Å². The molecule has 8 heteroatoms. The lowest BCUT2D eigenvalue weighted by Crippen LogP contribution is -2.38. The summed E-state index contributed by atoms with van der Waals surface area (Å²) in [5, 5.41) is 4.48. The lowest BCUT2D eigenvalue weighted by atomic mass is 10.0. The van der Waals surface area contributed by atoms with Crippen molar-refractivity contribution in [3.05, 3.63) is 53.6 Å². The first-order valence-electron chi connectivity index (χ1n) is 10.5. The van der Waals surface area contributed by atoms with Crippen LogP contribution in [0.15, 0.2) is 36.7 Å². The molecule has 1 fully saturated rings. The molecule has 0 aliphatic carbocycles. The van der Waals surface area contributed by atoms with Gasteiger partial charge in [-0.15, -0.1) is 0 Å². The molecule has 1 aromatic carbocycles. The van der Waals surface area contributed by atoms with E-state index in [0.29, 0.717) is 12.6 Å². The zero-order valence-corrected chi connectivity index (χ0v) is 18.9. The van der Waals surface area contributed by atoms with Gasteiger partial charge in [-0.2, -0.15) is 5.10 Å². The van der Waals surface area contributed by atoms with Gasteiger partial charge in [-0.05, 0) is 24.6 Å². The van der Waals surface area contributed by atoms with Crippen LogP contribution < -0.4 is 9.64 Å². The van der Waals surface area contributed by atoms with Gasteiger partial charge in [-0.3, -0.25) is 9.58 Å². The topological polar surface area (TPSA) is 68.5 Å². The van der Waals surface area contributed by atoms with Crippen LogP contribution in [0.2, 0.25) is 0 Å². The number of hydrogen-bond acceptors (Lipinski definition) is 7. The average molecular weight is 423 g/mol. The van der Waals surface area contributed by atoms with Crippen LogP contribution >= 0.6 is 0 Å². The molecule has 1 atom stereocenters. The van der Waals surface area contributed by atoms with Gasteiger partial charge in [-0.1, -0.05) is 12.1 Å². The van der Waals surface area contributed by atoms with Gasteiger partial charge in [0.05, 0.1) is 25.1 Å². The maximum atomic E-state index is 6.21. The summed E-state index contributed by atoms with van der Waals surface area (Å²) >= 11 is 0. The molecular weight excluding hydrogens is 392 g/mol. The molecule has 0 saturated carbocycles. The van der Waals surface area contributed by atoms with Crippen LogP contribution in [0.1, 0.15) is 23.1 Å². The number of anilines is 1. The fourth-order valence-corrected chi connectivity index (χ4v) is 3.90. The van der Waals surface area contributed by atoms with Gasteiger partial charge in [0, 0.05) is 64.3 Å². The molecule has 164 valence electrons. The Bertz CT molecular complexity index is 1030. The number of nitrogens with zero attached hydrogens (tertiary/aromatic N) is 6. The zero-order chi connectivity index (χ0) is 22.0. The van der Waals surface area contributed by atoms with Crippen LogP contribution in [0.4, 0.5) is 5.95 Å². The highest BCUT2D eigenvalue weighted by molar-refractivity contribution is 5.67. The summed E-state index contributed by atoms with van der Waals surface area (Å²) in [6.07, 6.45) is 3.86. The van der Waals surface area contributed by atoms with Crippen LogP contribution in [-0.2, 0) is 18.3 Å². The summed E-state index contributed by atoms with van der Waals surface area (Å²) in [7, 11) is 7.53. The molecule has 0 radical (unpaired) electrons. The standard InChI is InChI=1S/C23H30N6O2/c1-16-18(13-28(4)26-16)14-29-10-11-31-21(15-29)22-20(12-24-23(25-22)27(2)3)17-6-8-19(30-5)9-7-17/h6-9,12-13,21H,10-11,14-15H2,1-5H3/t21-/m0/s1. The second kappa shape index (κ2) is 9.03. The molecule has 0 N–H and O–H groups in total. The number of aromatic nitrogens is 4. The van der Waals surface area contributed by atoms with Crippen LogP contribution in [0.25, 0.3) is 11.1 Å². The van der Waals surface area contributed by atoms with Crippen LogP contribution in [0.3, 0.4) is 0 Å². The minimum atomic E-state index is -0.135. The predicted octanol–water partition coefficient (Wildman–Crippen LogP) is 2.83. The van der Waals surface area contributed by atoms with E-state index in [2.05, 4.69) is 28.1 Å². The van der Waals surface area contributed by atoms with E-state index in [1.807, 2.05) is 61.2 Å². The van der Waals surface area contributed by atoms with E-state index >= 15 is 0 Å². The Morgan fingerprint density at radius 3 is 2.65 bits per heavy atom. The van der Waals surface area contributed by atoms with Crippen LogP contribution in [0.5, 0.6) is 5.75 Å². The number of rotatable bonds is 6. The number of methoxy groups -OCH3 is 1. The second-order valence-electron chi connectivity index (χ2n) is 8.10. The number of morpholine rings is 1. The normalized spacial score (nSPS) is 17.0. The van der Waals surface area contributed by atoms with Gasteiger partial charge in [0.15, 0.2) is 0 Å². The third kappa shape index (κ3) is 4.70. The molecule has 0 amide bonds. The smallest absolute Gasteiger partial charge is 0.225 e. The van der Waals surface area contributed by atoms with Crippen molar-refractivity contribution in [2.75, 3.05) is 45.8 Å². The van der Waals surface area contributed by atoms with Gasteiger partial charge in [0.1, 0.15) is 11.9 Å². The third-order valence-corrected chi connectivity index (χ3v) is 5.57. The molecular formula is C23H30N6O2. The van der Waals surface area contributed by atoms with E-state index in [1.54, 1.807) is 7.11 Å². The highest BCUT2D eigenvalue weighted by Gasteiger charge is 2.27. The Balaban J connectivity index is 1.64. The van der Waals surface area contributed by atoms with Crippen molar-refractivity contribution in [3.63, 3.8) is 0 Å². The molecule has 8 nitrogen and oxygen atoms in total. The molecule has 0 unspecified atom stereocenters. The molecule has 3 aromatic rings. The first kappa shape index (κ1) is 21.3. The lowest BCUT2D eigenvalue weighted by molar-refractivity contribution is -0.0347. The largest absolute Gasteiger partial charge is 0.497 e. The predicted molar refractivity (Wildman–Crippen MR) is 120 cm³/mol. The Morgan fingerprint density at radius 1 is 1.23 bits per heavy atom. The third-order valence-electron chi connectivity index (χ3n) is 5.57. The van der Waals surface area contributed by atoms with Gasteiger partial charge >= 0.3 is 0 Å². The number of ether oxygens (including phenoxy) is 2.